The summed E-state index contributed by atoms with van der Waals surface area (Å²) in [5.41, 5.74) is 5.33. The molecule has 0 aliphatic rings. The standard InChI is InChI=1S/C12H16N2O4/c1-12(2,3)18-11(15)10(13)8-5-4-6-9(7-8)14(16)17/h4-7,10H,13H2,1-3H3. The SMILES string of the molecule is CC(C)(C)OC(=O)C(N)c1cccc([N+](=O)[O-])c1. The highest BCUT2D eigenvalue weighted by atomic mass is 16.6. The van der Waals surface area contributed by atoms with E-state index in [9.17, 15) is 14.9 Å². The Morgan fingerprint density at radius 2 is 2.06 bits per heavy atom. The van der Waals surface area contributed by atoms with Gasteiger partial charge in [-0.15, -0.1) is 0 Å². The molecule has 1 rings (SSSR count). The number of nitro benzene ring substituents is 1. The second kappa shape index (κ2) is 5.14. The molecule has 0 spiro atoms. The Balaban J connectivity index is 2.90. The van der Waals surface area contributed by atoms with Crippen LogP contribution in [0, 0.1) is 10.1 Å². The number of carbonyl (C=O) groups is 1. The molecule has 1 unspecified atom stereocenters. The summed E-state index contributed by atoms with van der Waals surface area (Å²) in [7, 11) is 0. The topological polar surface area (TPSA) is 95.5 Å². The molecular formula is C12H16N2O4. The number of ether oxygens (including phenoxy) is 1. The Hall–Kier alpha value is -1.95. The lowest BCUT2D eigenvalue weighted by Crippen LogP contribution is -2.31. The zero-order chi connectivity index (χ0) is 13.9. The summed E-state index contributed by atoms with van der Waals surface area (Å²) in [5, 5.41) is 10.6. The van der Waals surface area contributed by atoms with Crippen molar-refractivity contribution in [2.75, 3.05) is 0 Å². The molecule has 0 heterocycles. The molecule has 0 fully saturated rings. The molecule has 0 saturated carbocycles. The normalized spacial score (nSPS) is 12.9. The predicted octanol–water partition coefficient (Wildman–Crippen LogP) is 1.94. The number of hydrogen-bond donors (Lipinski definition) is 1. The molecule has 0 aliphatic heterocycles. The van der Waals surface area contributed by atoms with Crippen LogP contribution in [0.3, 0.4) is 0 Å². The van der Waals surface area contributed by atoms with Crippen molar-refractivity contribution in [3.05, 3.63) is 39.9 Å². The van der Waals surface area contributed by atoms with E-state index in [1.165, 1.54) is 18.2 Å². The van der Waals surface area contributed by atoms with Crippen LogP contribution in [0.5, 0.6) is 0 Å². The van der Waals surface area contributed by atoms with Gasteiger partial charge in [0.05, 0.1) is 4.92 Å². The van der Waals surface area contributed by atoms with E-state index < -0.39 is 22.5 Å². The third kappa shape index (κ3) is 3.81. The fourth-order valence-corrected chi connectivity index (χ4v) is 1.33. The molecule has 1 aromatic rings. The van der Waals surface area contributed by atoms with Crippen LogP contribution in [-0.4, -0.2) is 16.5 Å². The monoisotopic (exact) mass is 252 g/mol. The second-order valence-electron chi connectivity index (χ2n) is 4.86. The zero-order valence-electron chi connectivity index (χ0n) is 10.5. The molecule has 1 aromatic carbocycles. The number of esters is 1. The van der Waals surface area contributed by atoms with Crippen LogP contribution in [-0.2, 0) is 9.53 Å². The molecule has 6 heteroatoms. The van der Waals surface area contributed by atoms with Gasteiger partial charge >= 0.3 is 5.97 Å². The Labute approximate surface area is 105 Å². The van der Waals surface area contributed by atoms with Gasteiger partial charge in [0.1, 0.15) is 11.6 Å². The fraction of sp³-hybridized carbons (Fsp3) is 0.417. The van der Waals surface area contributed by atoms with Gasteiger partial charge in [0.15, 0.2) is 0 Å². The highest BCUT2D eigenvalue weighted by molar-refractivity contribution is 5.78. The van der Waals surface area contributed by atoms with E-state index in [1.807, 2.05) is 0 Å². The first-order valence-electron chi connectivity index (χ1n) is 5.43. The lowest BCUT2D eigenvalue weighted by Gasteiger charge is -2.22. The summed E-state index contributed by atoms with van der Waals surface area (Å²) in [6, 6.07) is 4.63. The third-order valence-electron chi connectivity index (χ3n) is 2.10. The zero-order valence-corrected chi connectivity index (χ0v) is 10.5. The van der Waals surface area contributed by atoms with E-state index in [0.717, 1.165) is 0 Å². The summed E-state index contributed by atoms with van der Waals surface area (Å²) in [6.45, 7) is 5.18. The highest BCUT2D eigenvalue weighted by Gasteiger charge is 2.24. The van der Waals surface area contributed by atoms with Crippen LogP contribution in [0.15, 0.2) is 24.3 Å². The van der Waals surface area contributed by atoms with Crippen molar-refractivity contribution < 1.29 is 14.5 Å². The van der Waals surface area contributed by atoms with E-state index in [0.29, 0.717) is 5.56 Å². The first-order chi connectivity index (χ1) is 8.20. The molecule has 1 atom stereocenters. The average molecular weight is 252 g/mol. The number of nitro groups is 1. The molecule has 0 radical (unpaired) electrons. The Morgan fingerprint density at radius 3 is 2.56 bits per heavy atom. The summed E-state index contributed by atoms with van der Waals surface area (Å²) in [5.74, 6) is -0.608. The summed E-state index contributed by atoms with van der Waals surface area (Å²) >= 11 is 0. The molecule has 2 N–H and O–H groups in total. The largest absolute Gasteiger partial charge is 0.459 e. The van der Waals surface area contributed by atoms with E-state index >= 15 is 0 Å². The van der Waals surface area contributed by atoms with Crippen molar-refractivity contribution in [1.29, 1.82) is 0 Å². The minimum absolute atomic E-state index is 0.105. The van der Waals surface area contributed by atoms with Gasteiger partial charge < -0.3 is 10.5 Å². The lowest BCUT2D eigenvalue weighted by molar-refractivity contribution is -0.384. The van der Waals surface area contributed by atoms with Gasteiger partial charge in [-0.05, 0) is 26.3 Å². The molecule has 0 aliphatic carbocycles. The van der Waals surface area contributed by atoms with Crippen molar-refractivity contribution >= 4 is 11.7 Å². The van der Waals surface area contributed by atoms with Gasteiger partial charge in [-0.1, -0.05) is 12.1 Å². The number of nitrogens with two attached hydrogens (primary N) is 1. The maximum atomic E-state index is 11.7. The first-order valence-corrected chi connectivity index (χ1v) is 5.43. The van der Waals surface area contributed by atoms with Crippen molar-refractivity contribution in [3.63, 3.8) is 0 Å². The maximum Gasteiger partial charge on any atom is 0.328 e. The number of rotatable bonds is 3. The first kappa shape index (κ1) is 14.1. The van der Waals surface area contributed by atoms with Gasteiger partial charge in [0, 0.05) is 12.1 Å². The number of carbonyl (C=O) groups excluding carboxylic acids is 1. The van der Waals surface area contributed by atoms with Crippen LogP contribution in [0.25, 0.3) is 0 Å². The average Bonchev–Trinajstić information content (AvgIpc) is 2.26. The van der Waals surface area contributed by atoms with E-state index in [2.05, 4.69) is 0 Å². The number of hydrogen-bond acceptors (Lipinski definition) is 5. The number of non-ortho nitro benzene ring substituents is 1. The van der Waals surface area contributed by atoms with Crippen LogP contribution in [0.4, 0.5) is 5.69 Å². The molecular weight excluding hydrogens is 236 g/mol. The minimum Gasteiger partial charge on any atom is -0.459 e. The van der Waals surface area contributed by atoms with Gasteiger partial charge in [-0.2, -0.15) is 0 Å². The van der Waals surface area contributed by atoms with Crippen molar-refractivity contribution in [2.24, 2.45) is 5.73 Å². The van der Waals surface area contributed by atoms with Gasteiger partial charge in [-0.3, -0.25) is 10.1 Å². The van der Waals surface area contributed by atoms with Gasteiger partial charge in [0.2, 0.25) is 0 Å². The predicted molar refractivity (Wildman–Crippen MR) is 65.9 cm³/mol. The molecule has 0 bridgehead atoms. The van der Waals surface area contributed by atoms with Crippen LogP contribution < -0.4 is 5.73 Å². The smallest absolute Gasteiger partial charge is 0.328 e. The number of benzene rings is 1. The molecule has 18 heavy (non-hydrogen) atoms. The minimum atomic E-state index is -1.02. The Kier molecular flexibility index (Phi) is 4.03. The van der Waals surface area contributed by atoms with Crippen molar-refractivity contribution in [1.82, 2.24) is 0 Å². The Bertz CT molecular complexity index is 465. The van der Waals surface area contributed by atoms with Gasteiger partial charge in [-0.25, -0.2) is 4.79 Å². The highest BCUT2D eigenvalue weighted by Crippen LogP contribution is 2.20. The van der Waals surface area contributed by atoms with Crippen molar-refractivity contribution in [2.45, 2.75) is 32.4 Å². The quantitative estimate of drug-likeness (QED) is 0.503. The second-order valence-corrected chi connectivity index (χ2v) is 4.86. The summed E-state index contributed by atoms with van der Waals surface area (Å²) < 4.78 is 5.12. The van der Waals surface area contributed by atoms with Crippen LogP contribution in [0.2, 0.25) is 0 Å². The van der Waals surface area contributed by atoms with E-state index in [-0.39, 0.29) is 5.69 Å². The third-order valence-corrected chi connectivity index (χ3v) is 2.10. The Morgan fingerprint density at radius 1 is 1.44 bits per heavy atom. The summed E-state index contributed by atoms with van der Waals surface area (Å²) in [6.07, 6.45) is 0. The lowest BCUT2D eigenvalue weighted by atomic mass is 10.1. The van der Waals surface area contributed by atoms with Gasteiger partial charge in [0.25, 0.3) is 5.69 Å². The van der Waals surface area contributed by atoms with E-state index in [4.69, 9.17) is 10.5 Å². The fourth-order valence-electron chi connectivity index (χ4n) is 1.33. The maximum absolute atomic E-state index is 11.7. The van der Waals surface area contributed by atoms with Crippen LogP contribution >= 0.6 is 0 Å². The molecule has 0 amide bonds. The summed E-state index contributed by atoms with van der Waals surface area (Å²) in [4.78, 5) is 21.8. The van der Waals surface area contributed by atoms with Crippen LogP contribution in [0.1, 0.15) is 32.4 Å². The molecule has 98 valence electrons. The molecule has 0 saturated heterocycles. The van der Waals surface area contributed by atoms with E-state index in [1.54, 1.807) is 26.8 Å². The molecule has 0 aromatic heterocycles. The molecule has 6 nitrogen and oxygen atoms in total. The number of nitrogens with zero attached hydrogens (tertiary/aromatic N) is 1. The van der Waals surface area contributed by atoms with Crippen molar-refractivity contribution in [3.8, 4) is 0 Å².